The second-order valence-electron chi connectivity index (χ2n) is 3.09. The van der Waals surface area contributed by atoms with Crippen LogP contribution in [-0.4, -0.2) is 5.25 Å². The summed E-state index contributed by atoms with van der Waals surface area (Å²) in [7, 11) is 0. The van der Waals surface area contributed by atoms with Crippen LogP contribution in [-0.2, 0) is 0 Å². The van der Waals surface area contributed by atoms with Gasteiger partial charge in [0.05, 0.1) is 6.07 Å². The number of hydrogen-bond donors (Lipinski definition) is 0. The SMILES string of the molecule is CCC(CC#N)Sc1ccc(F)c(F)c1. The molecule has 0 aliphatic heterocycles. The lowest BCUT2D eigenvalue weighted by Gasteiger charge is -2.10. The Kier molecular flexibility index (Phi) is 4.57. The predicted octanol–water partition coefficient (Wildman–Crippen LogP) is 3.75. The van der Waals surface area contributed by atoms with E-state index in [4.69, 9.17) is 5.26 Å². The summed E-state index contributed by atoms with van der Waals surface area (Å²) in [4.78, 5) is 0.663. The van der Waals surface area contributed by atoms with Crippen LogP contribution >= 0.6 is 11.8 Å². The summed E-state index contributed by atoms with van der Waals surface area (Å²) in [6.07, 6.45) is 1.25. The van der Waals surface area contributed by atoms with Gasteiger partial charge in [0.1, 0.15) is 0 Å². The maximum Gasteiger partial charge on any atom is 0.159 e. The number of thioether (sulfide) groups is 1. The first kappa shape index (κ1) is 12.0. The van der Waals surface area contributed by atoms with E-state index in [2.05, 4.69) is 6.07 Å². The fraction of sp³-hybridized carbons (Fsp3) is 0.364. The molecule has 0 heterocycles. The maximum atomic E-state index is 12.9. The van der Waals surface area contributed by atoms with Crippen molar-refractivity contribution in [1.82, 2.24) is 0 Å². The van der Waals surface area contributed by atoms with Crippen LogP contribution < -0.4 is 0 Å². The van der Waals surface area contributed by atoms with Crippen LogP contribution in [0.25, 0.3) is 0 Å². The van der Waals surface area contributed by atoms with Gasteiger partial charge in [-0.15, -0.1) is 11.8 Å². The number of benzene rings is 1. The summed E-state index contributed by atoms with van der Waals surface area (Å²) in [5.74, 6) is -1.68. The van der Waals surface area contributed by atoms with Crippen molar-refractivity contribution in [3.05, 3.63) is 29.8 Å². The number of nitrogens with zero attached hydrogens (tertiary/aromatic N) is 1. The van der Waals surface area contributed by atoms with Crippen LogP contribution in [0.15, 0.2) is 23.1 Å². The van der Waals surface area contributed by atoms with Crippen LogP contribution in [0.4, 0.5) is 8.78 Å². The van der Waals surface area contributed by atoms with Crippen molar-refractivity contribution in [2.75, 3.05) is 0 Å². The second-order valence-corrected chi connectivity index (χ2v) is 4.46. The van der Waals surface area contributed by atoms with Crippen molar-refractivity contribution < 1.29 is 8.78 Å². The van der Waals surface area contributed by atoms with Gasteiger partial charge in [0.25, 0.3) is 0 Å². The summed E-state index contributed by atoms with van der Waals surface area (Å²) in [5, 5.41) is 8.69. The zero-order valence-corrected chi connectivity index (χ0v) is 9.15. The fourth-order valence-electron chi connectivity index (χ4n) is 1.11. The molecule has 1 unspecified atom stereocenters. The van der Waals surface area contributed by atoms with Gasteiger partial charge in [-0.1, -0.05) is 6.92 Å². The highest BCUT2D eigenvalue weighted by atomic mass is 32.2. The summed E-state index contributed by atoms with van der Waals surface area (Å²) in [6, 6.07) is 5.88. The molecule has 1 rings (SSSR count). The van der Waals surface area contributed by atoms with Crippen LogP contribution in [0.3, 0.4) is 0 Å². The molecule has 1 atom stereocenters. The maximum absolute atomic E-state index is 12.9. The minimum Gasteiger partial charge on any atom is -0.204 e. The Hall–Kier alpha value is -1.08. The van der Waals surface area contributed by atoms with Crippen molar-refractivity contribution in [1.29, 1.82) is 5.26 Å². The molecule has 0 N–H and O–H groups in total. The van der Waals surface area contributed by atoms with Crippen molar-refractivity contribution in [3.8, 4) is 6.07 Å². The lowest BCUT2D eigenvalue weighted by atomic mass is 10.3. The fourth-order valence-corrected chi connectivity index (χ4v) is 2.14. The zero-order chi connectivity index (χ0) is 11.3. The Morgan fingerprint density at radius 3 is 2.67 bits per heavy atom. The van der Waals surface area contributed by atoms with Crippen molar-refractivity contribution in [3.63, 3.8) is 0 Å². The normalized spacial score (nSPS) is 12.1. The van der Waals surface area contributed by atoms with E-state index in [1.165, 1.54) is 23.9 Å². The molecule has 0 saturated carbocycles. The summed E-state index contributed by atoms with van der Waals surface area (Å²) >= 11 is 1.41. The van der Waals surface area contributed by atoms with E-state index >= 15 is 0 Å². The quantitative estimate of drug-likeness (QED) is 0.731. The molecule has 0 aromatic heterocycles. The van der Waals surface area contributed by atoms with Crippen molar-refractivity contribution >= 4 is 11.8 Å². The van der Waals surface area contributed by atoms with Crippen LogP contribution in [0.5, 0.6) is 0 Å². The molecule has 1 aromatic rings. The monoisotopic (exact) mass is 227 g/mol. The van der Waals surface area contributed by atoms with Crippen molar-refractivity contribution in [2.45, 2.75) is 29.9 Å². The lowest BCUT2D eigenvalue weighted by Crippen LogP contribution is -1.98. The molecule has 0 aliphatic rings. The molecule has 0 spiro atoms. The van der Waals surface area contributed by atoms with Crippen LogP contribution in [0.1, 0.15) is 19.8 Å². The second kappa shape index (κ2) is 5.72. The van der Waals surface area contributed by atoms with E-state index in [0.29, 0.717) is 11.3 Å². The standard InChI is InChI=1S/C11H11F2NS/c1-2-8(5-6-14)15-9-3-4-10(12)11(13)7-9/h3-4,7-8H,2,5H2,1H3. The van der Waals surface area contributed by atoms with Gasteiger partial charge in [-0.3, -0.25) is 0 Å². The summed E-state index contributed by atoms with van der Waals surface area (Å²) in [6.45, 7) is 1.97. The molecule has 0 saturated heterocycles. The van der Waals surface area contributed by atoms with Gasteiger partial charge < -0.3 is 0 Å². The zero-order valence-electron chi connectivity index (χ0n) is 8.34. The number of halogens is 2. The van der Waals surface area contributed by atoms with E-state index in [-0.39, 0.29) is 5.25 Å². The first-order valence-electron chi connectivity index (χ1n) is 4.66. The molecule has 1 nitrogen and oxygen atoms in total. The summed E-state index contributed by atoms with van der Waals surface area (Å²) in [5.41, 5.74) is 0. The Bertz CT molecular complexity index is 373. The van der Waals surface area contributed by atoms with Crippen LogP contribution in [0, 0.1) is 23.0 Å². The van der Waals surface area contributed by atoms with Gasteiger partial charge in [0.2, 0.25) is 0 Å². The number of rotatable bonds is 4. The molecule has 0 bridgehead atoms. The third-order valence-electron chi connectivity index (χ3n) is 1.97. The van der Waals surface area contributed by atoms with E-state index in [1.54, 1.807) is 0 Å². The molecular weight excluding hydrogens is 216 g/mol. The molecule has 80 valence electrons. The number of nitriles is 1. The van der Waals surface area contributed by atoms with Gasteiger partial charge in [-0.2, -0.15) is 5.26 Å². The largest absolute Gasteiger partial charge is 0.204 e. The molecule has 4 heteroatoms. The highest BCUT2D eigenvalue weighted by Crippen LogP contribution is 2.28. The first-order valence-corrected chi connectivity index (χ1v) is 5.54. The molecular formula is C11H11F2NS. The van der Waals surface area contributed by atoms with Gasteiger partial charge >= 0.3 is 0 Å². The van der Waals surface area contributed by atoms with E-state index in [0.717, 1.165) is 12.5 Å². The Morgan fingerprint density at radius 2 is 2.13 bits per heavy atom. The average molecular weight is 227 g/mol. The van der Waals surface area contributed by atoms with Gasteiger partial charge in [-0.05, 0) is 24.6 Å². The Balaban J connectivity index is 2.71. The van der Waals surface area contributed by atoms with Crippen molar-refractivity contribution in [2.24, 2.45) is 0 Å². The smallest absolute Gasteiger partial charge is 0.159 e. The highest BCUT2D eigenvalue weighted by molar-refractivity contribution is 8.00. The summed E-state index contributed by atoms with van der Waals surface area (Å²) < 4.78 is 25.5. The topological polar surface area (TPSA) is 23.8 Å². The van der Waals surface area contributed by atoms with Gasteiger partial charge in [0, 0.05) is 16.6 Å². The molecule has 15 heavy (non-hydrogen) atoms. The third kappa shape index (κ3) is 3.52. The van der Waals surface area contributed by atoms with Crippen LogP contribution in [0.2, 0.25) is 0 Å². The molecule has 0 amide bonds. The molecule has 1 aromatic carbocycles. The molecule has 0 aliphatic carbocycles. The third-order valence-corrected chi connectivity index (χ3v) is 3.33. The first-order chi connectivity index (χ1) is 7.17. The van der Waals surface area contributed by atoms with E-state index < -0.39 is 11.6 Å². The minimum absolute atomic E-state index is 0.139. The predicted molar refractivity (Wildman–Crippen MR) is 56.5 cm³/mol. The number of hydrogen-bond acceptors (Lipinski definition) is 2. The lowest BCUT2D eigenvalue weighted by molar-refractivity contribution is 0.506. The Labute approximate surface area is 92.1 Å². The molecule has 0 fully saturated rings. The van der Waals surface area contributed by atoms with Gasteiger partial charge in [0.15, 0.2) is 11.6 Å². The Morgan fingerprint density at radius 1 is 1.40 bits per heavy atom. The van der Waals surface area contributed by atoms with Gasteiger partial charge in [-0.25, -0.2) is 8.78 Å². The van der Waals surface area contributed by atoms with E-state index in [1.807, 2.05) is 6.92 Å². The highest BCUT2D eigenvalue weighted by Gasteiger charge is 2.09. The minimum atomic E-state index is -0.841. The molecule has 0 radical (unpaired) electrons. The average Bonchev–Trinajstić information content (AvgIpc) is 2.23. The van der Waals surface area contributed by atoms with E-state index in [9.17, 15) is 8.78 Å².